The van der Waals surface area contributed by atoms with Gasteiger partial charge in [-0.25, -0.2) is 0 Å². The number of hydrogen-bond acceptors (Lipinski definition) is 0. The predicted molar refractivity (Wildman–Crippen MR) is 130 cm³/mol. The van der Waals surface area contributed by atoms with Crippen molar-refractivity contribution in [3.63, 3.8) is 0 Å². The van der Waals surface area contributed by atoms with E-state index < -0.39 is 25.4 Å². The van der Waals surface area contributed by atoms with Crippen molar-refractivity contribution in [1.82, 2.24) is 0 Å². The largest absolute Gasteiger partial charge is 1.00 e. The summed E-state index contributed by atoms with van der Waals surface area (Å²) in [6.07, 6.45) is 17.7. The maximum Gasteiger partial charge on any atom is -1.00 e. The van der Waals surface area contributed by atoms with E-state index in [1.807, 2.05) is 9.84 Å². The molecule has 0 aromatic carbocycles. The van der Waals surface area contributed by atoms with Crippen LogP contribution in [-0.4, -0.2) is 5.92 Å². The van der Waals surface area contributed by atoms with Crippen LogP contribution < -0.4 is 24.8 Å². The molecule has 1 unspecified atom stereocenters. The van der Waals surface area contributed by atoms with Crippen LogP contribution in [0.5, 0.6) is 0 Å². The molecule has 0 aliphatic heterocycles. The topological polar surface area (TPSA) is 0 Å². The van der Waals surface area contributed by atoms with E-state index in [0.29, 0.717) is 5.92 Å². The van der Waals surface area contributed by atoms with Crippen molar-refractivity contribution in [3.05, 3.63) is 62.0 Å². The van der Waals surface area contributed by atoms with Gasteiger partial charge >= 0.3 is 186 Å². The number of rotatable bonds is 8. The Bertz CT molecular complexity index is 828. The minimum absolute atomic E-state index is 0. The molecule has 0 radical (unpaired) electrons. The summed E-state index contributed by atoms with van der Waals surface area (Å²) >= 11 is -2.93. The molecule has 0 saturated heterocycles. The van der Waals surface area contributed by atoms with E-state index in [9.17, 15) is 0 Å². The summed E-state index contributed by atoms with van der Waals surface area (Å²) in [6.45, 7) is 20.0. The van der Waals surface area contributed by atoms with Gasteiger partial charge in [0.25, 0.3) is 0 Å². The molecule has 0 nitrogen and oxygen atoms in total. The zero-order valence-electron chi connectivity index (χ0n) is 21.0. The standard InChI is InChI=1S/C9H13.2C8H11.C2H7Si.2ClH.Zr/c1-6-5-7(2)9(4)8(6)3;2*1-2-5-8-6-3-4-7-8;1-3-2;;;/h6H,1-4H3;2*3,6H,2,4-5H2,1H3;3H,1-2H3;2*1H;/q;;;;;;+2/p-2. The smallest absolute Gasteiger partial charge is 1.00 e. The Hall–Kier alpha value is 0.120. The van der Waals surface area contributed by atoms with Gasteiger partial charge in [0.15, 0.2) is 0 Å². The summed E-state index contributed by atoms with van der Waals surface area (Å²) in [7, 11) is 0. The van der Waals surface area contributed by atoms with Gasteiger partial charge in [0.05, 0.1) is 0 Å². The van der Waals surface area contributed by atoms with Crippen molar-refractivity contribution in [2.45, 2.75) is 93.2 Å². The molecular formula is C27H42Cl2SiZr. The van der Waals surface area contributed by atoms with E-state index in [1.54, 1.807) is 27.9 Å². The van der Waals surface area contributed by atoms with E-state index in [4.69, 9.17) is 0 Å². The third-order valence-electron chi connectivity index (χ3n) is 7.98. The summed E-state index contributed by atoms with van der Waals surface area (Å²) < 4.78 is 5.95. The molecular weight excluding hydrogens is 515 g/mol. The molecule has 0 amide bonds. The van der Waals surface area contributed by atoms with Gasteiger partial charge in [0.1, 0.15) is 0 Å². The minimum atomic E-state index is -2.93. The molecule has 0 saturated carbocycles. The molecule has 0 N–H and O–H groups in total. The Morgan fingerprint density at radius 3 is 1.61 bits per heavy atom. The third-order valence-corrected chi connectivity index (χ3v) is 39.8. The van der Waals surface area contributed by atoms with Crippen molar-refractivity contribution in [2.24, 2.45) is 5.92 Å². The van der Waals surface area contributed by atoms with Crippen LogP contribution in [0.25, 0.3) is 0 Å². The summed E-state index contributed by atoms with van der Waals surface area (Å²) in [4.78, 5) is 0. The Balaban J connectivity index is 0.00000240. The first kappa shape index (κ1) is 29.2. The molecule has 0 aromatic heterocycles. The van der Waals surface area contributed by atoms with Gasteiger partial charge in [0.2, 0.25) is 0 Å². The Morgan fingerprint density at radius 1 is 0.839 bits per heavy atom. The molecule has 31 heavy (non-hydrogen) atoms. The van der Waals surface area contributed by atoms with Crippen LogP contribution in [0.2, 0.25) is 13.1 Å². The predicted octanol–water partition coefficient (Wildman–Crippen LogP) is 2.42. The van der Waals surface area contributed by atoms with E-state index >= 15 is 0 Å². The van der Waals surface area contributed by atoms with Crippen LogP contribution in [0.1, 0.15) is 80.1 Å². The number of halogens is 2. The van der Waals surface area contributed by atoms with Gasteiger partial charge in [-0.15, -0.1) is 0 Å². The van der Waals surface area contributed by atoms with E-state index in [0.717, 1.165) is 0 Å². The second-order valence-electron chi connectivity index (χ2n) is 9.75. The molecule has 1 atom stereocenters. The molecule has 3 aliphatic rings. The van der Waals surface area contributed by atoms with Crippen molar-refractivity contribution >= 4 is 5.92 Å². The molecule has 0 bridgehead atoms. The van der Waals surface area contributed by atoms with Crippen molar-refractivity contribution < 1.29 is 44.2 Å². The van der Waals surface area contributed by atoms with Crippen LogP contribution in [0, 0.1) is 5.92 Å². The molecule has 0 fully saturated rings. The van der Waals surface area contributed by atoms with Crippen molar-refractivity contribution in [2.75, 3.05) is 0 Å². The van der Waals surface area contributed by atoms with Gasteiger partial charge in [-0.05, 0) is 0 Å². The zero-order chi connectivity index (χ0) is 21.3. The molecule has 0 spiro atoms. The molecule has 3 rings (SSSR count). The number of allylic oxidation sites excluding steroid dienone is 12. The quantitative estimate of drug-likeness (QED) is 0.403. The van der Waals surface area contributed by atoms with Gasteiger partial charge in [-0.1, -0.05) is 0 Å². The molecule has 4 heteroatoms. The van der Waals surface area contributed by atoms with Crippen LogP contribution in [0.4, 0.5) is 0 Å². The maximum atomic E-state index is 2.72. The second kappa shape index (κ2) is 12.0. The Morgan fingerprint density at radius 2 is 1.29 bits per heavy atom. The Labute approximate surface area is 209 Å². The van der Waals surface area contributed by atoms with Crippen LogP contribution in [0.15, 0.2) is 62.0 Å². The first-order valence-corrected chi connectivity index (χ1v) is 22.8. The van der Waals surface area contributed by atoms with E-state index in [-0.39, 0.29) is 24.8 Å². The summed E-state index contributed by atoms with van der Waals surface area (Å²) in [5.41, 5.74) is 8.44. The van der Waals surface area contributed by atoms with Gasteiger partial charge in [0, 0.05) is 0 Å². The molecule has 3 aliphatic carbocycles. The molecule has 172 valence electrons. The average Bonchev–Trinajstić information content (AvgIpc) is 3.38. The zero-order valence-corrected chi connectivity index (χ0v) is 26.1. The van der Waals surface area contributed by atoms with Gasteiger partial charge in [-0.2, -0.15) is 0 Å². The summed E-state index contributed by atoms with van der Waals surface area (Å²) in [5.74, 6) is -0.250. The van der Waals surface area contributed by atoms with E-state index in [1.165, 1.54) is 38.5 Å². The average molecular weight is 557 g/mol. The Kier molecular flexibility index (Phi) is 11.3. The van der Waals surface area contributed by atoms with Gasteiger partial charge in [-0.3, -0.25) is 0 Å². The molecule has 0 aromatic rings. The fourth-order valence-electron chi connectivity index (χ4n) is 6.45. The summed E-state index contributed by atoms with van der Waals surface area (Å²) in [5, 5.41) is 0. The van der Waals surface area contributed by atoms with Crippen LogP contribution >= 0.6 is 0 Å². The minimum Gasteiger partial charge on any atom is -1.00 e. The van der Waals surface area contributed by atoms with Crippen molar-refractivity contribution in [3.8, 4) is 0 Å². The first-order chi connectivity index (χ1) is 13.8. The maximum absolute atomic E-state index is 2.93. The number of hydrogen-bond donors (Lipinski definition) is 0. The fraction of sp³-hybridized carbons (Fsp3) is 0.556. The van der Waals surface area contributed by atoms with Crippen LogP contribution in [0.3, 0.4) is 0 Å². The molecule has 0 heterocycles. The third kappa shape index (κ3) is 4.84. The summed E-state index contributed by atoms with van der Waals surface area (Å²) in [6, 6.07) is 0. The first-order valence-electron chi connectivity index (χ1n) is 12.0. The van der Waals surface area contributed by atoms with Crippen molar-refractivity contribution in [1.29, 1.82) is 0 Å². The monoisotopic (exact) mass is 554 g/mol. The normalized spacial score (nSPS) is 20.6. The fourth-order valence-corrected chi connectivity index (χ4v) is 42.0. The second-order valence-corrected chi connectivity index (χ2v) is 34.0. The van der Waals surface area contributed by atoms with Gasteiger partial charge < -0.3 is 24.8 Å². The SMILES string of the molecule is CCCC1=[C]([Zr+2]([C]2=C(CCC)C=CC2)([C]2=C(C)C(C)=C(C)C2C)[SiH](C)C)CC=C1.[Cl-].[Cl-]. The van der Waals surface area contributed by atoms with E-state index in [2.05, 4.69) is 78.9 Å². The van der Waals surface area contributed by atoms with Crippen LogP contribution in [-0.2, 0) is 19.4 Å².